The van der Waals surface area contributed by atoms with Gasteiger partial charge in [-0.25, -0.2) is 0 Å². The topological polar surface area (TPSA) is 46.6 Å². The number of rotatable bonds is 3. The number of hydrogen-bond donors (Lipinski definition) is 0. The molecule has 0 aromatic heterocycles. The Bertz CT molecular complexity index is 599. The van der Waals surface area contributed by atoms with Crippen LogP contribution in [0.4, 0.5) is 0 Å². The average molecular weight is 350 g/mol. The number of piperidine rings is 1. The summed E-state index contributed by atoms with van der Waals surface area (Å²) in [6.07, 6.45) is 2.46. The van der Waals surface area contributed by atoms with Gasteiger partial charge in [0.05, 0.1) is 25.0 Å². The summed E-state index contributed by atoms with van der Waals surface area (Å²) in [6.45, 7) is 0.511. The second-order valence-corrected chi connectivity index (χ2v) is 6.34. The van der Waals surface area contributed by atoms with Gasteiger partial charge < -0.3 is 9.64 Å². The van der Waals surface area contributed by atoms with Crippen LogP contribution in [-0.2, 0) is 20.9 Å². The van der Waals surface area contributed by atoms with Crippen LogP contribution in [0.25, 0.3) is 0 Å². The molecular formula is C16H16BrNO3. The Kier molecular flexibility index (Phi) is 3.85. The first-order chi connectivity index (χ1) is 10.1. The molecule has 0 N–H and O–H groups in total. The molecule has 4 nitrogen and oxygen atoms in total. The number of halogens is 1. The third-order valence-corrected chi connectivity index (χ3v) is 4.90. The zero-order valence-electron chi connectivity index (χ0n) is 11.7. The maximum absolute atomic E-state index is 12.5. The van der Waals surface area contributed by atoms with Gasteiger partial charge in [0.25, 0.3) is 0 Å². The number of esters is 1. The maximum Gasteiger partial charge on any atom is 0.311 e. The van der Waals surface area contributed by atoms with Gasteiger partial charge in [-0.2, -0.15) is 0 Å². The smallest absolute Gasteiger partial charge is 0.311 e. The van der Waals surface area contributed by atoms with Gasteiger partial charge in [0, 0.05) is 11.0 Å². The van der Waals surface area contributed by atoms with E-state index in [1.165, 1.54) is 7.11 Å². The molecular weight excluding hydrogens is 334 g/mol. The van der Waals surface area contributed by atoms with E-state index >= 15 is 0 Å². The highest BCUT2D eigenvalue weighted by molar-refractivity contribution is 9.11. The Hall–Kier alpha value is -1.62. The van der Waals surface area contributed by atoms with Crippen molar-refractivity contribution < 1.29 is 14.3 Å². The van der Waals surface area contributed by atoms with Crippen molar-refractivity contribution >= 4 is 27.8 Å². The molecule has 1 aromatic rings. The summed E-state index contributed by atoms with van der Waals surface area (Å²) in [7, 11) is 1.39. The molecule has 1 aliphatic carbocycles. The van der Waals surface area contributed by atoms with Crippen molar-refractivity contribution in [1.82, 2.24) is 4.90 Å². The molecule has 1 amide bonds. The van der Waals surface area contributed by atoms with E-state index in [1.54, 1.807) is 4.90 Å². The number of carbonyl (C=O) groups is 2. The Labute approximate surface area is 131 Å². The Balaban J connectivity index is 1.91. The predicted octanol–water partition coefficient (Wildman–Crippen LogP) is 2.49. The van der Waals surface area contributed by atoms with Gasteiger partial charge in [0.2, 0.25) is 5.91 Å². The van der Waals surface area contributed by atoms with Gasteiger partial charge in [0.1, 0.15) is 0 Å². The van der Waals surface area contributed by atoms with E-state index in [0.29, 0.717) is 13.0 Å². The molecule has 4 rings (SSSR count). The van der Waals surface area contributed by atoms with Crippen molar-refractivity contribution in [3.8, 4) is 0 Å². The van der Waals surface area contributed by atoms with E-state index < -0.39 is 0 Å². The second kappa shape index (κ2) is 5.64. The predicted molar refractivity (Wildman–Crippen MR) is 81.4 cm³/mol. The zero-order chi connectivity index (χ0) is 15.0. The van der Waals surface area contributed by atoms with Gasteiger partial charge in [-0.15, -0.1) is 0 Å². The van der Waals surface area contributed by atoms with E-state index in [1.807, 2.05) is 36.4 Å². The number of nitrogens with zero attached hydrogens (tertiary/aromatic N) is 1. The van der Waals surface area contributed by atoms with Crippen molar-refractivity contribution in [2.45, 2.75) is 19.0 Å². The van der Waals surface area contributed by atoms with Gasteiger partial charge in [-0.3, -0.25) is 9.59 Å². The summed E-state index contributed by atoms with van der Waals surface area (Å²) in [5.41, 5.74) is 1.06. The van der Waals surface area contributed by atoms with E-state index in [-0.39, 0.29) is 29.8 Å². The van der Waals surface area contributed by atoms with Crippen LogP contribution in [0.2, 0.25) is 0 Å². The zero-order valence-corrected chi connectivity index (χ0v) is 13.2. The van der Waals surface area contributed by atoms with Crippen LogP contribution in [0.5, 0.6) is 0 Å². The number of hydrogen-bond acceptors (Lipinski definition) is 3. The van der Waals surface area contributed by atoms with Crippen LogP contribution in [0, 0.1) is 11.8 Å². The first kappa shape index (κ1) is 14.3. The molecule has 1 fully saturated rings. The molecule has 1 saturated heterocycles. The monoisotopic (exact) mass is 349 g/mol. The van der Waals surface area contributed by atoms with E-state index in [2.05, 4.69) is 15.9 Å². The fourth-order valence-electron chi connectivity index (χ4n) is 3.17. The van der Waals surface area contributed by atoms with Gasteiger partial charge in [-0.05, 0) is 12.0 Å². The van der Waals surface area contributed by atoms with Crippen molar-refractivity contribution in [2.24, 2.45) is 11.8 Å². The summed E-state index contributed by atoms with van der Waals surface area (Å²) in [5.74, 6) is -0.689. The van der Waals surface area contributed by atoms with Crippen molar-refractivity contribution in [2.75, 3.05) is 7.11 Å². The Morgan fingerprint density at radius 1 is 1.38 bits per heavy atom. The van der Waals surface area contributed by atoms with Crippen molar-refractivity contribution in [3.05, 3.63) is 46.5 Å². The molecule has 21 heavy (non-hydrogen) atoms. The third-order valence-electron chi connectivity index (χ3n) is 4.17. The summed E-state index contributed by atoms with van der Waals surface area (Å²) < 4.78 is 5.81. The first-order valence-electron chi connectivity index (χ1n) is 6.91. The number of methoxy groups -OCH3 is 1. The lowest BCUT2D eigenvalue weighted by atomic mass is 9.77. The minimum absolute atomic E-state index is 0.0900. The van der Waals surface area contributed by atoms with Crippen LogP contribution in [0.3, 0.4) is 0 Å². The molecule has 3 aliphatic rings. The molecule has 1 aromatic carbocycles. The SMILES string of the molecule is COC(=O)C1CC2C=C(Br)C1N(Cc1ccccc1)C2=O. The molecule has 0 saturated carbocycles. The normalized spacial score (nSPS) is 27.5. The number of fused-ring (bicyclic) bond motifs is 2. The van der Waals surface area contributed by atoms with E-state index in [0.717, 1.165) is 10.0 Å². The van der Waals surface area contributed by atoms with Gasteiger partial charge in [-0.1, -0.05) is 52.3 Å². The summed E-state index contributed by atoms with van der Waals surface area (Å²) in [4.78, 5) is 26.3. The highest BCUT2D eigenvalue weighted by Crippen LogP contribution is 2.42. The van der Waals surface area contributed by atoms with Crippen LogP contribution in [0.15, 0.2) is 40.9 Å². The quantitative estimate of drug-likeness (QED) is 0.787. The summed E-state index contributed by atoms with van der Waals surface area (Å²) in [6, 6.07) is 9.56. The average Bonchev–Trinajstić information content (AvgIpc) is 2.51. The standard InChI is InChI=1S/C16H16BrNO3/c1-21-16(20)12-7-11-8-13(17)14(12)18(15(11)19)9-10-5-3-2-4-6-10/h2-6,8,11-12,14H,7,9H2,1H3. The lowest BCUT2D eigenvalue weighted by Crippen LogP contribution is -2.57. The molecule has 5 heteroatoms. The highest BCUT2D eigenvalue weighted by Gasteiger charge is 2.49. The van der Waals surface area contributed by atoms with Gasteiger partial charge in [0.15, 0.2) is 0 Å². The molecule has 2 heterocycles. The molecule has 3 atom stereocenters. The van der Waals surface area contributed by atoms with Gasteiger partial charge >= 0.3 is 5.97 Å². The van der Waals surface area contributed by atoms with E-state index in [9.17, 15) is 9.59 Å². The number of benzene rings is 1. The molecule has 0 radical (unpaired) electrons. The first-order valence-corrected chi connectivity index (χ1v) is 7.70. The van der Waals surface area contributed by atoms with Crippen LogP contribution < -0.4 is 0 Å². The molecule has 0 spiro atoms. The fraction of sp³-hybridized carbons (Fsp3) is 0.375. The van der Waals surface area contributed by atoms with E-state index in [4.69, 9.17) is 4.74 Å². The van der Waals surface area contributed by atoms with Crippen LogP contribution >= 0.6 is 15.9 Å². The highest BCUT2D eigenvalue weighted by atomic mass is 79.9. The third kappa shape index (κ3) is 2.50. The Morgan fingerprint density at radius 3 is 2.76 bits per heavy atom. The summed E-state index contributed by atoms with van der Waals surface area (Å²) in [5, 5.41) is 0. The molecule has 2 bridgehead atoms. The van der Waals surface area contributed by atoms with Crippen LogP contribution in [-0.4, -0.2) is 29.9 Å². The summed E-state index contributed by atoms with van der Waals surface area (Å²) >= 11 is 3.52. The minimum Gasteiger partial charge on any atom is -0.469 e. The van der Waals surface area contributed by atoms with Crippen LogP contribution in [0.1, 0.15) is 12.0 Å². The number of amides is 1. The maximum atomic E-state index is 12.5. The lowest BCUT2D eigenvalue weighted by Gasteiger charge is -2.46. The van der Waals surface area contributed by atoms with Crippen molar-refractivity contribution in [3.63, 3.8) is 0 Å². The lowest BCUT2D eigenvalue weighted by molar-refractivity contribution is -0.156. The Morgan fingerprint density at radius 2 is 2.10 bits per heavy atom. The molecule has 3 unspecified atom stereocenters. The number of ether oxygens (including phenoxy) is 1. The second-order valence-electron chi connectivity index (χ2n) is 5.42. The minimum atomic E-state index is -0.291. The fourth-order valence-corrected chi connectivity index (χ4v) is 4.06. The largest absolute Gasteiger partial charge is 0.469 e. The van der Waals surface area contributed by atoms with Crippen molar-refractivity contribution in [1.29, 1.82) is 0 Å². The molecule has 2 aliphatic heterocycles. The number of carbonyl (C=O) groups excluding carboxylic acids is 2. The molecule has 110 valence electrons.